The summed E-state index contributed by atoms with van der Waals surface area (Å²) < 4.78 is 34.1. The first-order chi connectivity index (χ1) is 17.9. The summed E-state index contributed by atoms with van der Waals surface area (Å²) in [5.74, 6) is 0.416. The van der Waals surface area contributed by atoms with Gasteiger partial charge in [0.25, 0.3) is 0 Å². The van der Waals surface area contributed by atoms with Crippen LogP contribution >= 0.6 is 11.3 Å². The van der Waals surface area contributed by atoms with E-state index in [9.17, 15) is 13.7 Å². The number of aryl methyl sites for hydroxylation is 1. The van der Waals surface area contributed by atoms with E-state index in [2.05, 4.69) is 58.9 Å². The molecule has 0 saturated heterocycles. The summed E-state index contributed by atoms with van der Waals surface area (Å²) in [5, 5.41) is 27.3. The van der Waals surface area contributed by atoms with E-state index in [0.29, 0.717) is 34.4 Å². The zero-order valence-electron chi connectivity index (χ0n) is 22.6. The Morgan fingerprint density at radius 1 is 1.16 bits per heavy atom. The minimum absolute atomic E-state index is 0.217. The zero-order valence-corrected chi connectivity index (χ0v) is 24.2. The second-order valence-electron chi connectivity index (χ2n) is 9.04. The van der Waals surface area contributed by atoms with Gasteiger partial charge in [0, 0.05) is 23.8 Å². The monoisotopic (exact) mass is 557 g/mol. The summed E-state index contributed by atoms with van der Waals surface area (Å²) in [4.78, 5) is 2.21. The maximum atomic E-state index is 12.2. The molecule has 2 N–H and O–H groups in total. The number of anilines is 4. The Labute approximate surface area is 227 Å². The lowest BCUT2D eigenvalue weighted by Gasteiger charge is -2.29. The van der Waals surface area contributed by atoms with Gasteiger partial charge in [-0.15, -0.1) is 4.68 Å². The Morgan fingerprint density at radius 3 is 2.45 bits per heavy atom. The first-order valence-electron chi connectivity index (χ1n) is 12.0. The van der Waals surface area contributed by atoms with Crippen LogP contribution in [0.1, 0.15) is 40.2 Å². The Morgan fingerprint density at radius 2 is 1.87 bits per heavy atom. The van der Waals surface area contributed by atoms with Crippen LogP contribution in [0, 0.1) is 11.3 Å². The van der Waals surface area contributed by atoms with Gasteiger partial charge < -0.3 is 15.0 Å². The van der Waals surface area contributed by atoms with E-state index in [4.69, 9.17) is 9.84 Å². The van der Waals surface area contributed by atoms with E-state index >= 15 is 0 Å². The molecule has 0 aliphatic heterocycles. The van der Waals surface area contributed by atoms with Gasteiger partial charge in [-0.3, -0.25) is 4.72 Å². The topological polar surface area (TPSA) is 136 Å². The standard InChI is InChI=1S/C25H32N8O3S2/c1-8-32-24(37-25(30-32)33(16(2)3)17(4)5)29-28-20-14-23(36-6)22(13-21(20)31-38(7,34)35)27-19-11-9-10-18(12-19)15-26/h9-14,16-17H,8H2,1-7H3,(H,27,31)/p+1. The quantitative estimate of drug-likeness (QED) is 0.235. The Kier molecular flexibility index (Phi) is 9.24. The Bertz CT molecular complexity index is 1450. The highest BCUT2D eigenvalue weighted by Crippen LogP contribution is 2.39. The maximum absolute atomic E-state index is 12.2. The van der Waals surface area contributed by atoms with Crippen molar-refractivity contribution in [3.63, 3.8) is 0 Å². The lowest BCUT2D eigenvalue weighted by molar-refractivity contribution is -0.733. The summed E-state index contributed by atoms with van der Waals surface area (Å²) in [6.45, 7) is 11.0. The van der Waals surface area contributed by atoms with Crippen molar-refractivity contribution in [2.24, 2.45) is 10.2 Å². The summed E-state index contributed by atoms with van der Waals surface area (Å²) >= 11 is 1.41. The Balaban J connectivity index is 2.06. The van der Waals surface area contributed by atoms with Crippen LogP contribution in [-0.2, 0) is 16.6 Å². The highest BCUT2D eigenvalue weighted by atomic mass is 32.2. The molecular weight excluding hydrogens is 524 g/mol. The molecule has 0 amide bonds. The van der Waals surface area contributed by atoms with Crippen LogP contribution < -0.4 is 24.4 Å². The first-order valence-corrected chi connectivity index (χ1v) is 14.7. The first kappa shape index (κ1) is 28.8. The molecule has 0 radical (unpaired) electrons. The molecule has 3 rings (SSSR count). The number of hydrogen-bond acceptors (Lipinski definition) is 10. The summed E-state index contributed by atoms with van der Waals surface area (Å²) in [5.41, 5.74) is 2.10. The number of sulfonamides is 1. The Hall–Kier alpha value is -3.76. The molecule has 11 nitrogen and oxygen atoms in total. The fourth-order valence-electron chi connectivity index (χ4n) is 3.84. The molecule has 0 aliphatic rings. The molecule has 0 atom stereocenters. The van der Waals surface area contributed by atoms with Crippen molar-refractivity contribution in [1.82, 2.24) is 5.10 Å². The minimum atomic E-state index is -3.63. The van der Waals surface area contributed by atoms with Gasteiger partial charge in [-0.05, 0) is 75.3 Å². The number of aromatic nitrogens is 2. The minimum Gasteiger partial charge on any atom is -0.494 e. The van der Waals surface area contributed by atoms with E-state index < -0.39 is 10.0 Å². The molecule has 13 heteroatoms. The van der Waals surface area contributed by atoms with Crippen molar-refractivity contribution in [2.45, 2.75) is 53.2 Å². The van der Waals surface area contributed by atoms with Crippen LogP contribution in [0.3, 0.4) is 0 Å². The third-order valence-electron chi connectivity index (χ3n) is 5.37. The van der Waals surface area contributed by atoms with Crippen LogP contribution in [0.2, 0.25) is 0 Å². The predicted molar refractivity (Wildman–Crippen MR) is 151 cm³/mol. The SMILES string of the molecule is CC[n+]1nc(N(C(C)C)C(C)C)sc1N=Nc1cc(OC)c(Nc2cccc(C#N)c2)cc1NS(C)(=O)=O. The average Bonchev–Trinajstić information content (AvgIpc) is 3.24. The lowest BCUT2D eigenvalue weighted by Crippen LogP contribution is -2.40. The highest BCUT2D eigenvalue weighted by molar-refractivity contribution is 7.92. The van der Waals surface area contributed by atoms with Crippen LogP contribution in [-0.4, -0.2) is 39.0 Å². The molecule has 0 fully saturated rings. The molecular formula is C25H33N8O3S2+. The molecule has 0 bridgehead atoms. The van der Waals surface area contributed by atoms with Crippen molar-refractivity contribution in [1.29, 1.82) is 5.26 Å². The zero-order chi connectivity index (χ0) is 28.0. The lowest BCUT2D eigenvalue weighted by atomic mass is 10.2. The van der Waals surface area contributed by atoms with Crippen LogP contribution in [0.15, 0.2) is 46.6 Å². The van der Waals surface area contributed by atoms with E-state index in [-0.39, 0.29) is 23.5 Å². The number of rotatable bonds is 11. The number of nitrogens with zero attached hydrogens (tertiary/aromatic N) is 6. The molecule has 1 heterocycles. The summed E-state index contributed by atoms with van der Waals surface area (Å²) in [6.07, 6.45) is 1.06. The molecule has 0 aliphatic carbocycles. The number of nitrogens with one attached hydrogen (secondary N) is 2. The van der Waals surface area contributed by atoms with Gasteiger partial charge in [-0.2, -0.15) is 5.26 Å². The van der Waals surface area contributed by atoms with Crippen molar-refractivity contribution in [2.75, 3.05) is 28.3 Å². The van der Waals surface area contributed by atoms with Crippen LogP contribution in [0.4, 0.5) is 33.0 Å². The normalized spacial score (nSPS) is 11.7. The number of nitriles is 1. The molecule has 3 aromatic rings. The van der Waals surface area contributed by atoms with Gasteiger partial charge in [-0.1, -0.05) is 11.2 Å². The van der Waals surface area contributed by atoms with Gasteiger partial charge in [0.05, 0.1) is 41.5 Å². The van der Waals surface area contributed by atoms with E-state index in [0.717, 1.165) is 11.4 Å². The average molecular weight is 558 g/mol. The van der Waals surface area contributed by atoms with Crippen LogP contribution in [0.5, 0.6) is 5.75 Å². The molecule has 0 spiro atoms. The van der Waals surface area contributed by atoms with E-state index in [1.54, 1.807) is 41.1 Å². The largest absolute Gasteiger partial charge is 0.494 e. The van der Waals surface area contributed by atoms with E-state index in [1.807, 2.05) is 6.92 Å². The number of hydrogen-bond donors (Lipinski definition) is 2. The van der Waals surface area contributed by atoms with Gasteiger partial charge in [0.15, 0.2) is 0 Å². The molecule has 38 heavy (non-hydrogen) atoms. The molecule has 0 saturated carbocycles. The van der Waals surface area contributed by atoms with Crippen LogP contribution in [0.25, 0.3) is 0 Å². The second kappa shape index (κ2) is 12.2. The van der Waals surface area contributed by atoms with Gasteiger partial charge >= 0.3 is 5.13 Å². The number of methoxy groups -OCH3 is 1. The fourth-order valence-corrected chi connectivity index (χ4v) is 5.59. The number of azo groups is 1. The van der Waals surface area contributed by atoms with Crippen molar-refractivity contribution < 1.29 is 17.8 Å². The number of ether oxygens (including phenoxy) is 1. The maximum Gasteiger partial charge on any atom is 0.432 e. The van der Waals surface area contributed by atoms with Crippen molar-refractivity contribution in [3.05, 3.63) is 42.0 Å². The fraction of sp³-hybridized carbons (Fsp3) is 0.400. The van der Waals surface area contributed by atoms with E-state index in [1.165, 1.54) is 18.4 Å². The molecule has 1 aromatic heterocycles. The summed E-state index contributed by atoms with van der Waals surface area (Å²) in [7, 11) is -2.12. The third kappa shape index (κ3) is 7.17. The van der Waals surface area contributed by atoms with Crippen molar-refractivity contribution >= 4 is 54.4 Å². The number of benzene rings is 2. The molecule has 2 aromatic carbocycles. The van der Waals surface area contributed by atoms with Gasteiger partial charge in [-0.25, -0.2) is 8.42 Å². The van der Waals surface area contributed by atoms with Gasteiger partial charge in [0.2, 0.25) is 15.2 Å². The summed E-state index contributed by atoms with van der Waals surface area (Å²) in [6, 6.07) is 12.7. The molecule has 202 valence electrons. The highest BCUT2D eigenvalue weighted by Gasteiger charge is 2.26. The third-order valence-corrected chi connectivity index (χ3v) is 6.91. The predicted octanol–water partition coefficient (Wildman–Crippen LogP) is 5.48. The van der Waals surface area contributed by atoms with Crippen molar-refractivity contribution in [3.8, 4) is 11.8 Å². The smallest absolute Gasteiger partial charge is 0.432 e. The van der Waals surface area contributed by atoms with Gasteiger partial charge in [0.1, 0.15) is 18.0 Å². The second-order valence-corrected chi connectivity index (χ2v) is 11.7. The molecule has 0 unspecified atom stereocenters.